The molecule has 0 aliphatic heterocycles. The highest BCUT2D eigenvalue weighted by Crippen LogP contribution is 2.32. The zero-order chi connectivity index (χ0) is 9.68. The molecule has 0 saturated carbocycles. The number of nitrogens with two attached hydrogens (primary N) is 1. The van der Waals surface area contributed by atoms with Gasteiger partial charge in [-0.2, -0.15) is 11.8 Å². The second-order valence-corrected chi connectivity index (χ2v) is 5.00. The molecule has 2 N–H and O–H groups in total. The van der Waals surface area contributed by atoms with Crippen LogP contribution in [0.4, 0.5) is 5.69 Å². The van der Waals surface area contributed by atoms with Gasteiger partial charge in [0.15, 0.2) is 0 Å². The zero-order valence-electron chi connectivity index (χ0n) is 7.42. The van der Waals surface area contributed by atoms with Crippen molar-refractivity contribution >= 4 is 40.8 Å². The zero-order valence-corrected chi connectivity index (χ0v) is 9.81. The monoisotopic (exact) mass is 233 g/mol. The molecule has 0 fully saturated rings. The molecule has 0 heterocycles. The maximum Gasteiger partial charge on any atom is 0.0562 e. The molecular weight excluding hydrogens is 222 g/mol. The van der Waals surface area contributed by atoms with Gasteiger partial charge in [-0.3, -0.25) is 0 Å². The normalized spacial score (nSPS) is 10.3. The molecular formula is C9H12ClNS2. The third-order valence-electron chi connectivity index (χ3n) is 1.53. The molecule has 0 radical (unpaired) electrons. The molecule has 0 amide bonds. The van der Waals surface area contributed by atoms with Crippen LogP contribution in [0.15, 0.2) is 23.1 Å². The maximum absolute atomic E-state index is 6.00. The number of hydrogen-bond acceptors (Lipinski definition) is 3. The van der Waals surface area contributed by atoms with Gasteiger partial charge in [-0.15, -0.1) is 11.8 Å². The van der Waals surface area contributed by atoms with Gasteiger partial charge in [0.05, 0.1) is 5.02 Å². The minimum Gasteiger partial charge on any atom is -0.398 e. The SMILES string of the molecule is CSCCSc1c(N)cccc1Cl. The highest BCUT2D eigenvalue weighted by Gasteiger charge is 2.03. The number of nitrogen functional groups attached to an aromatic ring is 1. The van der Waals surface area contributed by atoms with Crippen molar-refractivity contribution in [2.24, 2.45) is 0 Å². The lowest BCUT2D eigenvalue weighted by Crippen LogP contribution is -1.90. The predicted octanol–water partition coefficient (Wildman–Crippen LogP) is 3.38. The Labute approximate surface area is 92.4 Å². The third-order valence-corrected chi connectivity index (χ3v) is 3.98. The first-order chi connectivity index (χ1) is 6.25. The van der Waals surface area contributed by atoms with Crippen molar-refractivity contribution in [1.29, 1.82) is 0 Å². The molecule has 1 aromatic rings. The average Bonchev–Trinajstić information content (AvgIpc) is 2.10. The number of thioether (sulfide) groups is 2. The minimum absolute atomic E-state index is 0.756. The van der Waals surface area contributed by atoms with Gasteiger partial charge in [0, 0.05) is 22.1 Å². The predicted molar refractivity (Wildman–Crippen MR) is 65.0 cm³/mol. The molecule has 4 heteroatoms. The average molecular weight is 234 g/mol. The van der Waals surface area contributed by atoms with E-state index in [4.69, 9.17) is 17.3 Å². The summed E-state index contributed by atoms with van der Waals surface area (Å²) < 4.78 is 0. The Hall–Kier alpha value is 0.01000. The van der Waals surface area contributed by atoms with Gasteiger partial charge in [-0.05, 0) is 18.4 Å². The van der Waals surface area contributed by atoms with Crippen LogP contribution in [0.3, 0.4) is 0 Å². The molecule has 0 bridgehead atoms. The second-order valence-electron chi connectivity index (χ2n) is 2.50. The van der Waals surface area contributed by atoms with Crippen LogP contribution in [0, 0.1) is 0 Å². The van der Waals surface area contributed by atoms with Crippen LogP contribution in [0.2, 0.25) is 5.02 Å². The van der Waals surface area contributed by atoms with E-state index in [1.807, 2.05) is 30.0 Å². The van der Waals surface area contributed by atoms with Gasteiger partial charge in [0.1, 0.15) is 0 Å². The second kappa shape index (κ2) is 5.68. The van der Waals surface area contributed by atoms with Gasteiger partial charge in [-0.25, -0.2) is 0 Å². The van der Waals surface area contributed by atoms with Crippen molar-refractivity contribution in [2.45, 2.75) is 4.90 Å². The number of benzene rings is 1. The first-order valence-electron chi connectivity index (χ1n) is 3.91. The highest BCUT2D eigenvalue weighted by molar-refractivity contribution is 8.02. The van der Waals surface area contributed by atoms with Crippen LogP contribution in [0.1, 0.15) is 0 Å². The van der Waals surface area contributed by atoms with Crippen LogP contribution < -0.4 is 5.73 Å². The van der Waals surface area contributed by atoms with Crippen molar-refractivity contribution in [3.8, 4) is 0 Å². The van der Waals surface area contributed by atoms with E-state index in [2.05, 4.69) is 6.26 Å². The fourth-order valence-corrected chi connectivity index (χ4v) is 2.90. The van der Waals surface area contributed by atoms with E-state index in [9.17, 15) is 0 Å². The molecule has 0 aliphatic rings. The van der Waals surface area contributed by atoms with Gasteiger partial charge in [-0.1, -0.05) is 17.7 Å². The molecule has 1 aromatic carbocycles. The van der Waals surface area contributed by atoms with Gasteiger partial charge < -0.3 is 5.73 Å². The summed E-state index contributed by atoms with van der Waals surface area (Å²) in [5, 5.41) is 0.756. The smallest absolute Gasteiger partial charge is 0.0562 e. The largest absolute Gasteiger partial charge is 0.398 e. The molecule has 0 atom stereocenters. The molecule has 1 rings (SSSR count). The molecule has 13 heavy (non-hydrogen) atoms. The van der Waals surface area contributed by atoms with E-state index in [1.54, 1.807) is 11.8 Å². The highest BCUT2D eigenvalue weighted by atomic mass is 35.5. The van der Waals surface area contributed by atoms with Gasteiger partial charge >= 0.3 is 0 Å². The summed E-state index contributed by atoms with van der Waals surface area (Å²) in [5.41, 5.74) is 6.57. The fraction of sp³-hybridized carbons (Fsp3) is 0.333. The lowest BCUT2D eigenvalue weighted by atomic mass is 10.3. The van der Waals surface area contributed by atoms with Crippen molar-refractivity contribution < 1.29 is 0 Å². The summed E-state index contributed by atoms with van der Waals surface area (Å²) in [7, 11) is 0. The summed E-state index contributed by atoms with van der Waals surface area (Å²) in [5.74, 6) is 2.17. The van der Waals surface area contributed by atoms with Crippen LogP contribution in [-0.2, 0) is 0 Å². The topological polar surface area (TPSA) is 26.0 Å². The van der Waals surface area contributed by atoms with Crippen molar-refractivity contribution in [1.82, 2.24) is 0 Å². The summed E-state index contributed by atoms with van der Waals surface area (Å²) >= 11 is 9.55. The third kappa shape index (κ3) is 3.33. The molecule has 0 aromatic heterocycles. The number of hydrogen-bond donors (Lipinski definition) is 1. The molecule has 0 spiro atoms. The summed E-state index contributed by atoms with van der Waals surface area (Å²) in [6.45, 7) is 0. The lowest BCUT2D eigenvalue weighted by Gasteiger charge is -2.06. The minimum atomic E-state index is 0.756. The Bertz CT molecular complexity index is 258. The van der Waals surface area contributed by atoms with E-state index in [0.717, 1.165) is 27.1 Å². The quantitative estimate of drug-likeness (QED) is 0.491. The standard InChI is InChI=1S/C9H12ClNS2/c1-12-5-6-13-9-7(10)3-2-4-8(9)11/h2-4H,5-6,11H2,1H3. The van der Waals surface area contributed by atoms with E-state index in [-0.39, 0.29) is 0 Å². The Kier molecular flexibility index (Phi) is 4.84. The number of anilines is 1. The molecule has 1 nitrogen and oxygen atoms in total. The van der Waals surface area contributed by atoms with Crippen LogP contribution in [-0.4, -0.2) is 17.8 Å². The van der Waals surface area contributed by atoms with E-state index < -0.39 is 0 Å². The Morgan fingerprint density at radius 1 is 1.38 bits per heavy atom. The Balaban J connectivity index is 2.64. The van der Waals surface area contributed by atoms with Gasteiger partial charge in [0.25, 0.3) is 0 Å². The summed E-state index contributed by atoms with van der Waals surface area (Å²) in [6, 6.07) is 5.63. The fourth-order valence-electron chi connectivity index (χ4n) is 0.905. The Morgan fingerprint density at radius 3 is 2.77 bits per heavy atom. The first-order valence-corrected chi connectivity index (χ1v) is 6.67. The van der Waals surface area contributed by atoms with Crippen molar-refractivity contribution in [2.75, 3.05) is 23.5 Å². The van der Waals surface area contributed by atoms with Crippen LogP contribution >= 0.6 is 35.1 Å². The summed E-state index contributed by atoms with van der Waals surface area (Å²) in [4.78, 5) is 1.01. The van der Waals surface area contributed by atoms with Crippen molar-refractivity contribution in [3.63, 3.8) is 0 Å². The number of halogens is 1. The van der Waals surface area contributed by atoms with Gasteiger partial charge in [0.2, 0.25) is 0 Å². The first kappa shape index (κ1) is 11.1. The summed E-state index contributed by atoms with van der Waals surface area (Å²) in [6.07, 6.45) is 2.09. The van der Waals surface area contributed by atoms with E-state index >= 15 is 0 Å². The molecule has 0 aliphatic carbocycles. The molecule has 0 saturated heterocycles. The number of rotatable bonds is 4. The van der Waals surface area contributed by atoms with Crippen LogP contribution in [0.25, 0.3) is 0 Å². The van der Waals surface area contributed by atoms with E-state index in [1.165, 1.54) is 0 Å². The Morgan fingerprint density at radius 2 is 2.15 bits per heavy atom. The maximum atomic E-state index is 6.00. The van der Waals surface area contributed by atoms with Crippen LogP contribution in [0.5, 0.6) is 0 Å². The molecule has 0 unspecified atom stereocenters. The van der Waals surface area contributed by atoms with E-state index in [0.29, 0.717) is 0 Å². The molecule has 72 valence electrons. The lowest BCUT2D eigenvalue weighted by molar-refractivity contribution is 1.44. The van der Waals surface area contributed by atoms with Crippen molar-refractivity contribution in [3.05, 3.63) is 23.2 Å².